The summed E-state index contributed by atoms with van der Waals surface area (Å²) in [6, 6.07) is 5.65. The molecule has 34 heavy (non-hydrogen) atoms. The molecule has 0 bridgehead atoms. The number of nitrogens with zero attached hydrogens (tertiary/aromatic N) is 2. The number of nitriles is 1. The number of para-hydroxylation sites is 1. The summed E-state index contributed by atoms with van der Waals surface area (Å²) < 4.78 is 5.23. The number of hydrogen-bond acceptors (Lipinski definition) is 7. The molecule has 0 aromatic heterocycles. The molecule has 1 aliphatic rings. The van der Waals surface area contributed by atoms with Gasteiger partial charge in [-0.05, 0) is 39.7 Å². The highest BCUT2D eigenvalue weighted by Gasteiger charge is 2.37. The zero-order chi connectivity index (χ0) is 25.3. The largest absolute Gasteiger partial charge is 0.508 e. The third-order valence-electron chi connectivity index (χ3n) is 5.44. The van der Waals surface area contributed by atoms with Gasteiger partial charge < -0.3 is 25.4 Å². The average molecular weight is 491 g/mol. The molecule has 3 amide bonds. The summed E-state index contributed by atoms with van der Waals surface area (Å²) in [5.41, 5.74) is -0.589. The molecular formula is C24H34N4O5S. The zero-order valence-electron chi connectivity index (χ0n) is 19.9. The molecule has 0 heterocycles. The number of thiol groups is 1. The predicted octanol–water partition coefficient (Wildman–Crippen LogP) is 3.06. The molecule has 0 radical (unpaired) electrons. The number of amides is 3. The van der Waals surface area contributed by atoms with Gasteiger partial charge in [0.05, 0.1) is 6.07 Å². The molecule has 1 aliphatic carbocycles. The molecule has 1 aromatic carbocycles. The second-order valence-corrected chi connectivity index (χ2v) is 9.68. The lowest BCUT2D eigenvalue weighted by molar-refractivity contribution is -0.141. The Morgan fingerprint density at radius 3 is 2.44 bits per heavy atom. The number of hydrogen-bond donors (Lipinski definition) is 4. The molecule has 2 atom stereocenters. The number of rotatable bonds is 8. The van der Waals surface area contributed by atoms with E-state index >= 15 is 0 Å². The molecule has 186 valence electrons. The lowest BCUT2D eigenvalue weighted by Gasteiger charge is -2.34. The number of aromatic hydroxyl groups is 1. The number of alkyl carbamates (subject to hydrolysis) is 1. The van der Waals surface area contributed by atoms with Gasteiger partial charge in [-0.3, -0.25) is 9.59 Å². The topological polar surface area (TPSA) is 132 Å². The lowest BCUT2D eigenvalue weighted by Crippen LogP contribution is -2.54. The molecule has 2 unspecified atom stereocenters. The molecule has 1 saturated carbocycles. The van der Waals surface area contributed by atoms with Crippen molar-refractivity contribution in [1.82, 2.24) is 15.5 Å². The molecule has 1 fully saturated rings. The van der Waals surface area contributed by atoms with Gasteiger partial charge in [0.1, 0.15) is 30.0 Å². The van der Waals surface area contributed by atoms with Gasteiger partial charge in [0, 0.05) is 17.4 Å². The van der Waals surface area contributed by atoms with Gasteiger partial charge in [-0.1, -0.05) is 37.5 Å². The van der Waals surface area contributed by atoms with Gasteiger partial charge >= 0.3 is 6.09 Å². The average Bonchev–Trinajstić information content (AvgIpc) is 2.77. The number of phenols is 1. The maximum absolute atomic E-state index is 13.5. The van der Waals surface area contributed by atoms with Crippen LogP contribution in [0.5, 0.6) is 5.75 Å². The summed E-state index contributed by atoms with van der Waals surface area (Å²) in [6.07, 6.45) is 3.93. The SMILES string of the molecule is CC(C)(C)OC(=O)NC(CS)C(=O)N(CC#N)C(C(=O)NC1CCCCC1)c1ccccc1O. The van der Waals surface area contributed by atoms with Crippen molar-refractivity contribution in [1.29, 1.82) is 5.26 Å². The van der Waals surface area contributed by atoms with Crippen LogP contribution in [0.15, 0.2) is 24.3 Å². The van der Waals surface area contributed by atoms with Crippen LogP contribution in [0.1, 0.15) is 64.5 Å². The van der Waals surface area contributed by atoms with Crippen molar-refractivity contribution in [3.63, 3.8) is 0 Å². The number of benzene rings is 1. The van der Waals surface area contributed by atoms with Crippen molar-refractivity contribution in [3.05, 3.63) is 29.8 Å². The second-order valence-electron chi connectivity index (χ2n) is 9.31. The Hall–Kier alpha value is -2.93. The van der Waals surface area contributed by atoms with E-state index in [9.17, 15) is 24.8 Å². The van der Waals surface area contributed by atoms with E-state index in [-0.39, 0.29) is 23.1 Å². The summed E-state index contributed by atoms with van der Waals surface area (Å²) in [7, 11) is 0. The summed E-state index contributed by atoms with van der Waals surface area (Å²) >= 11 is 4.19. The van der Waals surface area contributed by atoms with Crippen molar-refractivity contribution < 1.29 is 24.2 Å². The third-order valence-corrected chi connectivity index (χ3v) is 5.80. The van der Waals surface area contributed by atoms with Crippen molar-refractivity contribution in [2.75, 3.05) is 12.3 Å². The normalized spacial score (nSPS) is 16.0. The molecule has 10 heteroatoms. The fourth-order valence-corrected chi connectivity index (χ4v) is 4.15. The Kier molecular flexibility index (Phi) is 10.1. The van der Waals surface area contributed by atoms with Gasteiger partial charge in [0.2, 0.25) is 11.8 Å². The zero-order valence-corrected chi connectivity index (χ0v) is 20.8. The van der Waals surface area contributed by atoms with Crippen LogP contribution in [0.2, 0.25) is 0 Å². The highest BCUT2D eigenvalue weighted by Crippen LogP contribution is 2.30. The van der Waals surface area contributed by atoms with E-state index in [4.69, 9.17) is 4.74 Å². The highest BCUT2D eigenvalue weighted by molar-refractivity contribution is 7.80. The van der Waals surface area contributed by atoms with Gasteiger partial charge in [-0.15, -0.1) is 0 Å². The van der Waals surface area contributed by atoms with E-state index in [1.807, 2.05) is 6.07 Å². The van der Waals surface area contributed by atoms with Gasteiger partial charge in [-0.2, -0.15) is 17.9 Å². The minimum atomic E-state index is -1.27. The molecular weight excluding hydrogens is 456 g/mol. The summed E-state index contributed by atoms with van der Waals surface area (Å²) in [4.78, 5) is 40.3. The minimum absolute atomic E-state index is 0.0470. The maximum Gasteiger partial charge on any atom is 0.408 e. The van der Waals surface area contributed by atoms with Crippen LogP contribution in [0.25, 0.3) is 0 Å². The van der Waals surface area contributed by atoms with E-state index in [0.29, 0.717) is 0 Å². The van der Waals surface area contributed by atoms with Crippen LogP contribution >= 0.6 is 12.6 Å². The number of ether oxygens (including phenoxy) is 1. The number of phenolic OH excluding ortho intramolecular Hbond substituents is 1. The Balaban J connectivity index is 2.37. The molecule has 2 rings (SSSR count). The van der Waals surface area contributed by atoms with Gasteiger partial charge in [-0.25, -0.2) is 4.79 Å². The smallest absolute Gasteiger partial charge is 0.408 e. The first kappa shape index (κ1) is 27.3. The molecule has 3 N–H and O–H groups in total. The predicted molar refractivity (Wildman–Crippen MR) is 130 cm³/mol. The van der Waals surface area contributed by atoms with Crippen LogP contribution in [0.4, 0.5) is 4.79 Å². The van der Waals surface area contributed by atoms with E-state index < -0.39 is 42.1 Å². The first-order chi connectivity index (χ1) is 16.1. The summed E-state index contributed by atoms with van der Waals surface area (Å²) in [5, 5.41) is 25.4. The van der Waals surface area contributed by atoms with Crippen LogP contribution < -0.4 is 10.6 Å². The van der Waals surface area contributed by atoms with Crippen molar-refractivity contribution >= 4 is 30.5 Å². The van der Waals surface area contributed by atoms with E-state index in [1.54, 1.807) is 32.9 Å². The van der Waals surface area contributed by atoms with Crippen LogP contribution in [-0.4, -0.2) is 57.9 Å². The van der Waals surface area contributed by atoms with Gasteiger partial charge in [0.15, 0.2) is 0 Å². The third kappa shape index (κ3) is 7.83. The molecule has 0 spiro atoms. The Morgan fingerprint density at radius 2 is 1.88 bits per heavy atom. The summed E-state index contributed by atoms with van der Waals surface area (Å²) in [5.74, 6) is -1.44. The Labute approximate surface area is 206 Å². The molecule has 0 aliphatic heterocycles. The van der Waals surface area contributed by atoms with Crippen LogP contribution in [0, 0.1) is 11.3 Å². The van der Waals surface area contributed by atoms with E-state index in [0.717, 1.165) is 37.0 Å². The van der Waals surface area contributed by atoms with Crippen molar-refractivity contribution in [2.45, 2.75) is 76.6 Å². The van der Waals surface area contributed by atoms with Crippen LogP contribution in [0.3, 0.4) is 0 Å². The second kappa shape index (κ2) is 12.5. The number of nitrogens with one attached hydrogen (secondary N) is 2. The van der Waals surface area contributed by atoms with Crippen molar-refractivity contribution in [2.24, 2.45) is 0 Å². The Bertz CT molecular complexity index is 905. The monoisotopic (exact) mass is 490 g/mol. The lowest BCUT2D eigenvalue weighted by atomic mass is 9.94. The first-order valence-electron chi connectivity index (χ1n) is 11.4. The maximum atomic E-state index is 13.5. The van der Waals surface area contributed by atoms with E-state index in [2.05, 4.69) is 23.3 Å². The minimum Gasteiger partial charge on any atom is -0.508 e. The fourth-order valence-electron chi connectivity index (χ4n) is 3.90. The number of carbonyl (C=O) groups is 3. The van der Waals surface area contributed by atoms with Crippen molar-refractivity contribution in [3.8, 4) is 11.8 Å². The van der Waals surface area contributed by atoms with E-state index in [1.165, 1.54) is 12.1 Å². The number of carbonyl (C=O) groups excluding carboxylic acids is 3. The molecule has 9 nitrogen and oxygen atoms in total. The van der Waals surface area contributed by atoms with Crippen LogP contribution in [-0.2, 0) is 14.3 Å². The quantitative estimate of drug-likeness (QED) is 0.327. The van der Waals surface area contributed by atoms with Gasteiger partial charge in [0.25, 0.3) is 0 Å². The Morgan fingerprint density at radius 1 is 1.24 bits per heavy atom. The highest BCUT2D eigenvalue weighted by atomic mass is 32.1. The molecule has 1 aromatic rings. The standard InChI is InChI=1S/C24H34N4O5S/c1-24(2,3)33-23(32)27-18(15-34)22(31)28(14-13-25)20(17-11-7-8-12-19(17)29)21(30)26-16-9-5-4-6-10-16/h7-8,11-12,16,18,20,29,34H,4-6,9-10,14-15H2,1-3H3,(H,26,30)(H,27,32). The molecule has 0 saturated heterocycles. The summed E-state index contributed by atoms with van der Waals surface area (Å²) in [6.45, 7) is 4.64. The first-order valence-corrected chi connectivity index (χ1v) is 12.1. The fraction of sp³-hybridized carbons (Fsp3) is 0.583.